The molecule has 0 spiro atoms. The summed E-state index contributed by atoms with van der Waals surface area (Å²) in [5.74, 6) is -1.23. The molecule has 0 unspecified atom stereocenters. The van der Waals surface area contributed by atoms with E-state index in [4.69, 9.17) is 17.2 Å². The fourth-order valence-corrected chi connectivity index (χ4v) is 1.48. The zero-order chi connectivity index (χ0) is 13.5. The molecule has 0 saturated heterocycles. The summed E-state index contributed by atoms with van der Waals surface area (Å²) >= 11 is 0. The van der Waals surface area contributed by atoms with Gasteiger partial charge in [0, 0.05) is 0 Å². The number of nitrogens with two attached hydrogens (primary N) is 3. The van der Waals surface area contributed by atoms with E-state index in [1.54, 1.807) is 0 Å². The minimum Gasteiger partial charge on any atom is -0.369 e. The van der Waals surface area contributed by atoms with E-state index in [0.717, 1.165) is 0 Å². The third-order valence-electron chi connectivity index (χ3n) is 2.69. The molecule has 0 aliphatic heterocycles. The number of carbonyl (C=O) groups is 3. The van der Waals surface area contributed by atoms with Crippen molar-refractivity contribution in [3.63, 3.8) is 0 Å². The third-order valence-corrected chi connectivity index (χ3v) is 2.69. The molecule has 3 amide bonds. The zero-order valence-electron chi connectivity index (χ0n) is 10.1. The van der Waals surface area contributed by atoms with Gasteiger partial charge in [-0.15, -0.1) is 0 Å². The Labute approximate surface area is 100 Å². The van der Waals surface area contributed by atoms with Crippen molar-refractivity contribution in [2.75, 3.05) is 26.7 Å². The zero-order valence-corrected chi connectivity index (χ0v) is 10.1. The van der Waals surface area contributed by atoms with Gasteiger partial charge in [0.1, 0.15) is 0 Å². The lowest BCUT2D eigenvalue weighted by molar-refractivity contribution is -0.907. The van der Waals surface area contributed by atoms with Gasteiger partial charge >= 0.3 is 0 Å². The summed E-state index contributed by atoms with van der Waals surface area (Å²) in [5.41, 5.74) is 15.2. The smallest absolute Gasteiger partial charge is 0.223 e. The van der Waals surface area contributed by atoms with Crippen molar-refractivity contribution in [3.8, 4) is 0 Å². The van der Waals surface area contributed by atoms with Crippen LogP contribution in [-0.4, -0.2) is 48.9 Å². The largest absolute Gasteiger partial charge is 0.369 e. The van der Waals surface area contributed by atoms with Crippen LogP contribution in [0.25, 0.3) is 0 Å². The van der Waals surface area contributed by atoms with Crippen molar-refractivity contribution >= 4 is 17.7 Å². The van der Waals surface area contributed by atoms with Crippen molar-refractivity contribution in [3.05, 3.63) is 0 Å². The highest BCUT2D eigenvalue weighted by atomic mass is 16.2. The first kappa shape index (κ1) is 15.4. The molecule has 0 aliphatic rings. The SMILES string of the molecule is C[N+](CCC(N)=O)(CCC(N)=O)CCC(N)=O. The lowest BCUT2D eigenvalue weighted by Gasteiger charge is -2.33. The van der Waals surface area contributed by atoms with Crippen molar-refractivity contribution in [1.29, 1.82) is 0 Å². The lowest BCUT2D eigenvalue weighted by atomic mass is 10.2. The Bertz CT molecular complexity index is 258. The van der Waals surface area contributed by atoms with Gasteiger partial charge in [0.2, 0.25) is 17.7 Å². The highest BCUT2D eigenvalue weighted by Crippen LogP contribution is 2.07. The second kappa shape index (κ2) is 6.85. The summed E-state index contributed by atoms with van der Waals surface area (Å²) in [6, 6.07) is 0. The van der Waals surface area contributed by atoms with E-state index < -0.39 is 17.7 Å². The molecule has 0 atom stereocenters. The van der Waals surface area contributed by atoms with Crippen LogP contribution in [0.2, 0.25) is 0 Å². The van der Waals surface area contributed by atoms with Crippen LogP contribution in [0, 0.1) is 0 Å². The third kappa shape index (κ3) is 8.21. The van der Waals surface area contributed by atoms with Gasteiger partial charge in [-0.05, 0) is 0 Å². The number of nitrogens with zero attached hydrogens (tertiary/aromatic N) is 1. The van der Waals surface area contributed by atoms with Crippen LogP contribution in [0.4, 0.5) is 0 Å². The number of quaternary nitrogens is 1. The molecule has 0 radical (unpaired) electrons. The highest BCUT2D eigenvalue weighted by Gasteiger charge is 2.23. The first-order valence-corrected chi connectivity index (χ1v) is 5.43. The molecule has 0 aliphatic carbocycles. The first-order chi connectivity index (χ1) is 7.75. The van der Waals surface area contributed by atoms with Crippen LogP contribution in [0.1, 0.15) is 19.3 Å². The van der Waals surface area contributed by atoms with Crippen molar-refractivity contribution in [2.24, 2.45) is 17.2 Å². The van der Waals surface area contributed by atoms with E-state index in [2.05, 4.69) is 0 Å². The van der Waals surface area contributed by atoms with Gasteiger partial charge in [-0.2, -0.15) is 0 Å². The van der Waals surface area contributed by atoms with E-state index in [0.29, 0.717) is 24.1 Å². The summed E-state index contributed by atoms with van der Waals surface area (Å²) in [6.07, 6.45) is 0.607. The maximum Gasteiger partial charge on any atom is 0.223 e. The first-order valence-electron chi connectivity index (χ1n) is 5.43. The summed E-state index contributed by atoms with van der Waals surface area (Å²) in [7, 11) is 1.84. The molecule has 7 nitrogen and oxygen atoms in total. The Balaban J connectivity index is 4.37. The van der Waals surface area contributed by atoms with Gasteiger partial charge in [-0.3, -0.25) is 14.4 Å². The molecule has 0 aromatic carbocycles. The van der Waals surface area contributed by atoms with Crippen LogP contribution in [0.3, 0.4) is 0 Å². The summed E-state index contributed by atoms with van der Waals surface area (Å²) < 4.78 is 0.384. The van der Waals surface area contributed by atoms with Gasteiger partial charge in [0.15, 0.2) is 0 Å². The molecular weight excluding hydrogens is 224 g/mol. The second-order valence-corrected chi connectivity index (χ2v) is 4.44. The normalized spacial score (nSPS) is 11.1. The van der Waals surface area contributed by atoms with Crippen molar-refractivity contribution in [1.82, 2.24) is 0 Å². The van der Waals surface area contributed by atoms with Crippen LogP contribution in [0.5, 0.6) is 0 Å². The molecule has 7 heteroatoms. The molecule has 0 fully saturated rings. The predicted molar refractivity (Wildman–Crippen MR) is 62.2 cm³/mol. The van der Waals surface area contributed by atoms with Crippen molar-refractivity contribution in [2.45, 2.75) is 19.3 Å². The average Bonchev–Trinajstić information content (AvgIpc) is 2.21. The number of hydrogen-bond donors (Lipinski definition) is 3. The second-order valence-electron chi connectivity index (χ2n) is 4.44. The number of hydrogen-bond acceptors (Lipinski definition) is 3. The maximum atomic E-state index is 10.8. The molecule has 98 valence electrons. The summed E-state index contributed by atoms with van der Waals surface area (Å²) in [5, 5.41) is 0. The van der Waals surface area contributed by atoms with Crippen LogP contribution in [0.15, 0.2) is 0 Å². The van der Waals surface area contributed by atoms with Crippen LogP contribution >= 0.6 is 0 Å². The fourth-order valence-electron chi connectivity index (χ4n) is 1.48. The molecule has 6 N–H and O–H groups in total. The molecule has 0 saturated carbocycles. The molecule has 0 heterocycles. The maximum absolute atomic E-state index is 10.8. The molecule has 0 aromatic rings. The molecule has 17 heavy (non-hydrogen) atoms. The standard InChI is InChI=1S/C10H20N4O3/c1-14(5-2-8(11)15,6-3-9(12)16)7-4-10(13)17/h2-7H2,1H3,(H5-,11,12,13,15,16,17)/p+1. The minimum atomic E-state index is -0.410. The quantitative estimate of drug-likeness (QED) is 0.408. The number of rotatable bonds is 9. The van der Waals surface area contributed by atoms with E-state index in [-0.39, 0.29) is 19.3 Å². The van der Waals surface area contributed by atoms with Crippen LogP contribution in [-0.2, 0) is 14.4 Å². The summed E-state index contributed by atoms with van der Waals surface area (Å²) in [4.78, 5) is 32.3. The number of primary amides is 3. The number of carbonyl (C=O) groups excluding carboxylic acids is 3. The Morgan fingerprint density at radius 3 is 1.18 bits per heavy atom. The van der Waals surface area contributed by atoms with E-state index in [1.807, 2.05) is 7.05 Å². The van der Waals surface area contributed by atoms with E-state index in [1.165, 1.54) is 0 Å². The summed E-state index contributed by atoms with van der Waals surface area (Å²) in [6.45, 7) is 1.40. The van der Waals surface area contributed by atoms with Gasteiger partial charge in [0.25, 0.3) is 0 Å². The molecule has 0 rings (SSSR count). The fraction of sp³-hybridized carbons (Fsp3) is 0.700. The van der Waals surface area contributed by atoms with E-state index >= 15 is 0 Å². The lowest BCUT2D eigenvalue weighted by Crippen LogP contribution is -2.49. The Morgan fingerprint density at radius 1 is 0.765 bits per heavy atom. The van der Waals surface area contributed by atoms with Gasteiger partial charge in [0.05, 0.1) is 45.9 Å². The molecule has 0 aromatic heterocycles. The number of amides is 3. The average molecular weight is 245 g/mol. The predicted octanol–water partition coefficient (Wildman–Crippen LogP) is -1.94. The Morgan fingerprint density at radius 2 is 1.00 bits per heavy atom. The van der Waals surface area contributed by atoms with E-state index in [9.17, 15) is 14.4 Å². The monoisotopic (exact) mass is 245 g/mol. The molecular formula is C10H21N4O3+. The molecule has 0 bridgehead atoms. The minimum absolute atomic E-state index is 0.202. The van der Waals surface area contributed by atoms with Gasteiger partial charge < -0.3 is 21.7 Å². The Kier molecular flexibility index (Phi) is 6.19. The highest BCUT2D eigenvalue weighted by molar-refractivity contribution is 5.74. The van der Waals surface area contributed by atoms with Crippen LogP contribution < -0.4 is 17.2 Å². The topological polar surface area (TPSA) is 129 Å². The van der Waals surface area contributed by atoms with Gasteiger partial charge in [-0.25, -0.2) is 0 Å². The van der Waals surface area contributed by atoms with Crippen molar-refractivity contribution < 1.29 is 18.9 Å². The Hall–Kier alpha value is -1.63. The van der Waals surface area contributed by atoms with Gasteiger partial charge in [-0.1, -0.05) is 0 Å².